The summed E-state index contributed by atoms with van der Waals surface area (Å²) in [5, 5.41) is 12.9. The molecule has 0 saturated carbocycles. The minimum Gasteiger partial charge on any atom is -0.301 e. The number of likely N-dealkylation sites (tertiary alicyclic amines) is 1. The van der Waals surface area contributed by atoms with Gasteiger partial charge in [0.05, 0.1) is 12.6 Å². The van der Waals surface area contributed by atoms with Crippen molar-refractivity contribution >= 4 is 0 Å². The van der Waals surface area contributed by atoms with Gasteiger partial charge in [-0.3, -0.25) is 4.68 Å². The van der Waals surface area contributed by atoms with E-state index in [1.165, 1.54) is 0 Å². The summed E-state index contributed by atoms with van der Waals surface area (Å²) in [6.07, 6.45) is 5.84. The number of rotatable bonds is 3. The quantitative estimate of drug-likeness (QED) is 0.741. The van der Waals surface area contributed by atoms with Crippen LogP contribution in [0.5, 0.6) is 0 Å². The van der Waals surface area contributed by atoms with Gasteiger partial charge in [-0.25, -0.2) is 0 Å². The van der Waals surface area contributed by atoms with Crippen molar-refractivity contribution in [1.29, 1.82) is 5.26 Å². The van der Waals surface area contributed by atoms with Gasteiger partial charge < -0.3 is 4.90 Å². The maximum absolute atomic E-state index is 8.77. The minimum absolute atomic E-state index is 0.283. The summed E-state index contributed by atoms with van der Waals surface area (Å²) in [6, 6.07) is 4.30. The highest BCUT2D eigenvalue weighted by molar-refractivity contribution is 4.87. The van der Waals surface area contributed by atoms with E-state index < -0.39 is 0 Å². The molecule has 0 aromatic carbocycles. The second-order valence-corrected chi connectivity index (χ2v) is 4.01. The molecule has 15 heavy (non-hydrogen) atoms. The van der Waals surface area contributed by atoms with Gasteiger partial charge in [-0.2, -0.15) is 10.4 Å². The number of hydrogen-bond acceptors (Lipinski definition) is 3. The molecule has 0 spiro atoms. The Kier molecular flexibility index (Phi) is 3.36. The minimum atomic E-state index is 0.283. The number of nitrogens with zero attached hydrogens (tertiary/aromatic N) is 4. The van der Waals surface area contributed by atoms with Crippen molar-refractivity contribution in [1.82, 2.24) is 14.7 Å². The lowest BCUT2D eigenvalue weighted by molar-refractivity contribution is 0.196. The van der Waals surface area contributed by atoms with Crippen LogP contribution in [0.2, 0.25) is 0 Å². The predicted molar refractivity (Wildman–Crippen MR) is 57.0 cm³/mol. The lowest BCUT2D eigenvalue weighted by atomic mass is 9.99. The molecule has 2 heterocycles. The average molecular weight is 204 g/mol. The summed E-state index contributed by atoms with van der Waals surface area (Å²) < 4.78 is 1.95. The fourth-order valence-corrected chi connectivity index (χ4v) is 1.96. The zero-order valence-electron chi connectivity index (χ0n) is 8.84. The Morgan fingerprint density at radius 1 is 1.33 bits per heavy atom. The van der Waals surface area contributed by atoms with Gasteiger partial charge in [0, 0.05) is 24.9 Å². The lowest BCUT2D eigenvalue weighted by Crippen LogP contribution is -2.35. The molecule has 0 aliphatic carbocycles. The van der Waals surface area contributed by atoms with Crippen LogP contribution in [-0.2, 0) is 6.54 Å². The molecule has 2 rings (SSSR count). The number of nitriles is 1. The first-order valence-electron chi connectivity index (χ1n) is 5.48. The van der Waals surface area contributed by atoms with Gasteiger partial charge in [0.1, 0.15) is 0 Å². The van der Waals surface area contributed by atoms with Gasteiger partial charge in [-0.1, -0.05) is 0 Å². The standard InChI is InChI=1S/C11H16N4/c12-10-11-2-6-14(7-3-11)8-9-15-5-1-4-13-15/h1,4-5,11H,2-3,6-9H2. The molecule has 0 radical (unpaired) electrons. The van der Waals surface area contributed by atoms with E-state index in [2.05, 4.69) is 16.1 Å². The van der Waals surface area contributed by atoms with Crippen LogP contribution in [0.4, 0.5) is 0 Å². The third-order valence-electron chi connectivity index (χ3n) is 2.97. The molecule has 80 valence electrons. The highest BCUT2D eigenvalue weighted by atomic mass is 15.3. The highest BCUT2D eigenvalue weighted by Gasteiger charge is 2.17. The molecule has 1 aliphatic rings. The summed E-state index contributed by atoms with van der Waals surface area (Å²) in [6.45, 7) is 4.10. The maximum atomic E-state index is 8.77. The summed E-state index contributed by atoms with van der Waals surface area (Å²) in [5.74, 6) is 0.283. The Morgan fingerprint density at radius 2 is 2.13 bits per heavy atom. The molecule has 4 heteroatoms. The predicted octanol–water partition coefficient (Wildman–Crippen LogP) is 1.12. The van der Waals surface area contributed by atoms with E-state index in [4.69, 9.17) is 5.26 Å². The van der Waals surface area contributed by atoms with E-state index >= 15 is 0 Å². The summed E-state index contributed by atoms with van der Waals surface area (Å²) in [4.78, 5) is 2.41. The van der Waals surface area contributed by atoms with Crippen LogP contribution >= 0.6 is 0 Å². The van der Waals surface area contributed by atoms with Gasteiger partial charge in [0.2, 0.25) is 0 Å². The SMILES string of the molecule is N#CC1CCN(CCn2cccn2)CC1. The molecule has 1 aromatic rings. The third-order valence-corrected chi connectivity index (χ3v) is 2.97. The average Bonchev–Trinajstić information content (AvgIpc) is 2.80. The zero-order chi connectivity index (χ0) is 10.5. The summed E-state index contributed by atoms with van der Waals surface area (Å²) >= 11 is 0. The molecule has 0 bridgehead atoms. The molecule has 1 aliphatic heterocycles. The van der Waals surface area contributed by atoms with E-state index in [1.807, 2.05) is 23.1 Å². The Bertz CT molecular complexity index is 317. The van der Waals surface area contributed by atoms with E-state index in [9.17, 15) is 0 Å². The van der Waals surface area contributed by atoms with Crippen molar-refractivity contribution in [3.05, 3.63) is 18.5 Å². The molecular weight excluding hydrogens is 188 g/mol. The second kappa shape index (κ2) is 4.94. The number of piperidine rings is 1. The molecule has 1 aromatic heterocycles. The van der Waals surface area contributed by atoms with Crippen LogP contribution in [0.15, 0.2) is 18.5 Å². The van der Waals surface area contributed by atoms with Gasteiger partial charge in [0.15, 0.2) is 0 Å². The molecule has 0 N–H and O–H groups in total. The maximum Gasteiger partial charge on any atom is 0.0656 e. The fraction of sp³-hybridized carbons (Fsp3) is 0.636. The lowest BCUT2D eigenvalue weighted by Gasteiger charge is -2.28. The molecular formula is C11H16N4. The van der Waals surface area contributed by atoms with E-state index in [1.54, 1.807) is 0 Å². The molecule has 0 unspecified atom stereocenters. The van der Waals surface area contributed by atoms with Crippen LogP contribution in [0.3, 0.4) is 0 Å². The third kappa shape index (κ3) is 2.80. The zero-order valence-corrected chi connectivity index (χ0v) is 8.84. The van der Waals surface area contributed by atoms with Crippen LogP contribution in [-0.4, -0.2) is 34.3 Å². The molecule has 1 fully saturated rings. The van der Waals surface area contributed by atoms with E-state index in [-0.39, 0.29) is 5.92 Å². The van der Waals surface area contributed by atoms with Crippen molar-refractivity contribution in [3.63, 3.8) is 0 Å². The highest BCUT2D eigenvalue weighted by Crippen LogP contribution is 2.15. The number of aromatic nitrogens is 2. The Balaban J connectivity index is 1.71. The van der Waals surface area contributed by atoms with Crippen LogP contribution < -0.4 is 0 Å². The summed E-state index contributed by atoms with van der Waals surface area (Å²) in [5.41, 5.74) is 0. The van der Waals surface area contributed by atoms with Crippen molar-refractivity contribution in [3.8, 4) is 6.07 Å². The van der Waals surface area contributed by atoms with Crippen molar-refractivity contribution in [2.45, 2.75) is 19.4 Å². The van der Waals surface area contributed by atoms with Crippen LogP contribution in [0.25, 0.3) is 0 Å². The monoisotopic (exact) mass is 204 g/mol. The normalized spacial score (nSPS) is 18.9. The van der Waals surface area contributed by atoms with Crippen LogP contribution in [0, 0.1) is 17.2 Å². The van der Waals surface area contributed by atoms with Crippen molar-refractivity contribution in [2.75, 3.05) is 19.6 Å². The van der Waals surface area contributed by atoms with Gasteiger partial charge in [-0.05, 0) is 32.0 Å². The molecule has 0 amide bonds. The van der Waals surface area contributed by atoms with E-state index in [0.29, 0.717) is 0 Å². The molecule has 4 nitrogen and oxygen atoms in total. The van der Waals surface area contributed by atoms with Crippen molar-refractivity contribution in [2.24, 2.45) is 5.92 Å². The topological polar surface area (TPSA) is 44.9 Å². The van der Waals surface area contributed by atoms with Gasteiger partial charge >= 0.3 is 0 Å². The van der Waals surface area contributed by atoms with E-state index in [0.717, 1.165) is 39.0 Å². The molecule has 0 atom stereocenters. The Labute approximate surface area is 90.1 Å². The first-order chi connectivity index (χ1) is 7.38. The van der Waals surface area contributed by atoms with Crippen LogP contribution in [0.1, 0.15) is 12.8 Å². The second-order valence-electron chi connectivity index (χ2n) is 4.01. The first-order valence-corrected chi connectivity index (χ1v) is 5.48. The molecule has 1 saturated heterocycles. The summed E-state index contributed by atoms with van der Waals surface area (Å²) in [7, 11) is 0. The van der Waals surface area contributed by atoms with Crippen molar-refractivity contribution < 1.29 is 0 Å². The number of hydrogen-bond donors (Lipinski definition) is 0. The van der Waals surface area contributed by atoms with Gasteiger partial charge in [0.25, 0.3) is 0 Å². The smallest absolute Gasteiger partial charge is 0.0656 e. The Morgan fingerprint density at radius 3 is 2.73 bits per heavy atom. The first kappa shape index (κ1) is 10.2. The Hall–Kier alpha value is -1.34. The fourth-order valence-electron chi connectivity index (χ4n) is 1.96. The largest absolute Gasteiger partial charge is 0.301 e. The van der Waals surface area contributed by atoms with Gasteiger partial charge in [-0.15, -0.1) is 0 Å².